The second kappa shape index (κ2) is 8.71. The van der Waals surface area contributed by atoms with Crippen molar-refractivity contribution in [3.63, 3.8) is 0 Å². The van der Waals surface area contributed by atoms with Crippen molar-refractivity contribution in [2.45, 2.75) is 32.2 Å². The maximum absolute atomic E-state index is 12.9. The highest BCUT2D eigenvalue weighted by Gasteiger charge is 2.40. The van der Waals surface area contributed by atoms with E-state index in [0.717, 1.165) is 26.0 Å². The number of alkyl halides is 3. The van der Waals surface area contributed by atoms with Gasteiger partial charge in [0.1, 0.15) is 0 Å². The van der Waals surface area contributed by atoms with Gasteiger partial charge in [0, 0.05) is 19.5 Å². The van der Waals surface area contributed by atoms with Gasteiger partial charge in [-0.2, -0.15) is 13.2 Å². The number of halogens is 4. The standard InChI is InChI=1S/C15H13ClF3NO7/c1-6(21)26-11(12(14(24)25)27-7(2)22)13(23)20-8-3-4-10(16)9(5-8)15(17,18)19/h3-5,11-12H,1-2H3,(H,20,23)(H,24,25)/t11-,12-/m1/s1. The Kier molecular flexibility index (Phi) is 7.17. The first-order valence-corrected chi connectivity index (χ1v) is 7.45. The topological polar surface area (TPSA) is 119 Å². The van der Waals surface area contributed by atoms with Crippen LogP contribution in [0.1, 0.15) is 19.4 Å². The number of carboxylic acid groups (broad SMARTS) is 1. The van der Waals surface area contributed by atoms with Gasteiger partial charge in [0.15, 0.2) is 0 Å². The van der Waals surface area contributed by atoms with E-state index >= 15 is 0 Å². The minimum Gasteiger partial charge on any atom is -0.478 e. The summed E-state index contributed by atoms with van der Waals surface area (Å²) in [6.45, 7) is 1.71. The quantitative estimate of drug-likeness (QED) is 0.689. The summed E-state index contributed by atoms with van der Waals surface area (Å²) >= 11 is 5.46. The zero-order chi connectivity index (χ0) is 20.9. The molecule has 0 radical (unpaired) electrons. The predicted octanol–water partition coefficient (Wildman–Crippen LogP) is 2.25. The van der Waals surface area contributed by atoms with Crippen molar-refractivity contribution in [1.29, 1.82) is 0 Å². The molecule has 0 saturated carbocycles. The average molecular weight is 412 g/mol. The number of benzene rings is 1. The number of rotatable bonds is 6. The third-order valence-corrected chi connectivity index (χ3v) is 3.23. The molecule has 0 aliphatic carbocycles. The summed E-state index contributed by atoms with van der Waals surface area (Å²) in [5, 5.41) is 10.4. The molecule has 0 fully saturated rings. The van der Waals surface area contributed by atoms with E-state index in [4.69, 9.17) is 16.7 Å². The van der Waals surface area contributed by atoms with E-state index < -0.39 is 58.5 Å². The molecule has 12 heteroatoms. The molecule has 0 bridgehead atoms. The predicted molar refractivity (Wildman–Crippen MR) is 83.8 cm³/mol. The highest BCUT2D eigenvalue weighted by Crippen LogP contribution is 2.36. The lowest BCUT2D eigenvalue weighted by molar-refractivity contribution is -0.179. The van der Waals surface area contributed by atoms with Crippen molar-refractivity contribution in [3.05, 3.63) is 28.8 Å². The Labute approximate surface area is 155 Å². The van der Waals surface area contributed by atoms with E-state index in [1.807, 2.05) is 5.32 Å². The second-order valence-corrected chi connectivity index (χ2v) is 5.49. The van der Waals surface area contributed by atoms with E-state index in [1.165, 1.54) is 0 Å². The van der Waals surface area contributed by atoms with Crippen LogP contribution in [0.4, 0.5) is 18.9 Å². The normalized spacial score (nSPS) is 13.3. The van der Waals surface area contributed by atoms with Crippen LogP contribution in [0.2, 0.25) is 5.02 Å². The number of amides is 1. The summed E-state index contributed by atoms with van der Waals surface area (Å²) in [4.78, 5) is 45.7. The van der Waals surface area contributed by atoms with Gasteiger partial charge < -0.3 is 19.9 Å². The number of aliphatic carboxylic acids is 1. The van der Waals surface area contributed by atoms with Crippen molar-refractivity contribution >= 4 is 41.1 Å². The highest BCUT2D eigenvalue weighted by molar-refractivity contribution is 6.31. The van der Waals surface area contributed by atoms with Crippen LogP contribution < -0.4 is 5.32 Å². The Morgan fingerprint density at radius 1 is 1.07 bits per heavy atom. The Hall–Kier alpha value is -2.82. The van der Waals surface area contributed by atoms with Gasteiger partial charge in [0.05, 0.1) is 10.6 Å². The number of hydrogen-bond donors (Lipinski definition) is 2. The van der Waals surface area contributed by atoms with Gasteiger partial charge in [-0.05, 0) is 18.2 Å². The molecule has 1 amide bonds. The molecule has 1 rings (SSSR count). The summed E-state index contributed by atoms with van der Waals surface area (Å²) in [6.07, 6.45) is -9.16. The third kappa shape index (κ3) is 6.44. The summed E-state index contributed by atoms with van der Waals surface area (Å²) in [7, 11) is 0. The molecule has 8 nitrogen and oxygen atoms in total. The lowest BCUT2D eigenvalue weighted by atomic mass is 10.1. The molecule has 2 atom stereocenters. The number of nitrogens with one attached hydrogen (secondary N) is 1. The fourth-order valence-corrected chi connectivity index (χ4v) is 2.11. The molecule has 0 aliphatic heterocycles. The smallest absolute Gasteiger partial charge is 0.417 e. The zero-order valence-corrected chi connectivity index (χ0v) is 14.6. The molecule has 0 spiro atoms. The molecular formula is C15H13ClF3NO7. The van der Waals surface area contributed by atoms with Crippen molar-refractivity contribution in [3.8, 4) is 0 Å². The van der Waals surface area contributed by atoms with E-state index in [0.29, 0.717) is 6.07 Å². The van der Waals surface area contributed by atoms with Gasteiger partial charge in [-0.25, -0.2) is 4.79 Å². The van der Waals surface area contributed by atoms with Crippen LogP contribution in [0.25, 0.3) is 0 Å². The van der Waals surface area contributed by atoms with Crippen LogP contribution >= 0.6 is 11.6 Å². The van der Waals surface area contributed by atoms with Crippen molar-refractivity contribution in [2.75, 3.05) is 5.32 Å². The molecule has 27 heavy (non-hydrogen) atoms. The van der Waals surface area contributed by atoms with Crippen molar-refractivity contribution in [1.82, 2.24) is 0 Å². The fraction of sp³-hybridized carbons (Fsp3) is 0.333. The summed E-state index contributed by atoms with van der Waals surface area (Å²) in [6, 6.07) is 2.39. The maximum atomic E-state index is 12.9. The molecule has 0 heterocycles. The lowest BCUT2D eigenvalue weighted by Gasteiger charge is -2.22. The summed E-state index contributed by atoms with van der Waals surface area (Å²) < 4.78 is 47.6. The largest absolute Gasteiger partial charge is 0.478 e. The molecule has 148 valence electrons. The Morgan fingerprint density at radius 3 is 2.04 bits per heavy atom. The number of hydrogen-bond acceptors (Lipinski definition) is 6. The molecule has 1 aromatic carbocycles. The Bertz CT molecular complexity index is 766. The number of esters is 2. The third-order valence-electron chi connectivity index (χ3n) is 2.90. The first kappa shape index (κ1) is 22.2. The van der Waals surface area contributed by atoms with Crippen LogP contribution in [0.3, 0.4) is 0 Å². The molecule has 2 N–H and O–H groups in total. The minimum absolute atomic E-state index is 0.402. The molecule has 0 aromatic heterocycles. The monoisotopic (exact) mass is 411 g/mol. The average Bonchev–Trinajstić information content (AvgIpc) is 2.50. The van der Waals surface area contributed by atoms with Crippen molar-refractivity contribution in [2.24, 2.45) is 0 Å². The molecular weight excluding hydrogens is 399 g/mol. The fourth-order valence-electron chi connectivity index (χ4n) is 1.89. The molecule has 0 unspecified atom stereocenters. The Balaban J connectivity index is 3.18. The van der Waals surface area contributed by atoms with E-state index in [2.05, 4.69) is 9.47 Å². The van der Waals surface area contributed by atoms with Gasteiger partial charge in [-0.3, -0.25) is 14.4 Å². The van der Waals surface area contributed by atoms with Gasteiger partial charge in [-0.15, -0.1) is 0 Å². The van der Waals surface area contributed by atoms with Crippen LogP contribution in [0.5, 0.6) is 0 Å². The van der Waals surface area contributed by atoms with Gasteiger partial charge in [0.2, 0.25) is 12.2 Å². The number of carbonyl (C=O) groups is 4. The van der Waals surface area contributed by atoms with E-state index in [9.17, 15) is 32.3 Å². The maximum Gasteiger partial charge on any atom is 0.417 e. The van der Waals surface area contributed by atoms with Crippen LogP contribution in [0, 0.1) is 0 Å². The number of ether oxygens (including phenoxy) is 2. The number of carbonyl (C=O) groups excluding carboxylic acids is 3. The number of anilines is 1. The summed E-state index contributed by atoms with van der Waals surface area (Å²) in [5.74, 6) is -5.30. The molecule has 0 saturated heterocycles. The van der Waals surface area contributed by atoms with E-state index in [-0.39, 0.29) is 0 Å². The van der Waals surface area contributed by atoms with E-state index in [1.54, 1.807) is 0 Å². The highest BCUT2D eigenvalue weighted by atomic mass is 35.5. The zero-order valence-electron chi connectivity index (χ0n) is 13.8. The molecule has 0 aliphatic rings. The van der Waals surface area contributed by atoms with Crippen LogP contribution in [-0.2, 0) is 34.8 Å². The first-order valence-electron chi connectivity index (χ1n) is 7.07. The Morgan fingerprint density at radius 2 is 1.59 bits per heavy atom. The SMILES string of the molecule is CC(=O)O[C@@H](C(=O)O)[C@@H](OC(C)=O)C(=O)Nc1ccc(Cl)c(C(F)(F)F)c1. The van der Waals surface area contributed by atoms with Gasteiger partial charge in [-0.1, -0.05) is 11.6 Å². The van der Waals surface area contributed by atoms with Gasteiger partial charge in [0.25, 0.3) is 5.91 Å². The molecule has 1 aromatic rings. The van der Waals surface area contributed by atoms with Gasteiger partial charge >= 0.3 is 24.1 Å². The van der Waals surface area contributed by atoms with Crippen LogP contribution in [0.15, 0.2) is 18.2 Å². The number of carboxylic acids is 1. The van der Waals surface area contributed by atoms with Crippen LogP contribution in [-0.4, -0.2) is 41.1 Å². The first-order chi connectivity index (χ1) is 12.3. The van der Waals surface area contributed by atoms with Crippen molar-refractivity contribution < 1.29 is 46.9 Å². The minimum atomic E-state index is -4.81. The lowest BCUT2D eigenvalue weighted by Crippen LogP contribution is -2.47. The second-order valence-electron chi connectivity index (χ2n) is 5.08. The summed E-state index contributed by atoms with van der Waals surface area (Å²) in [5.41, 5.74) is -1.65.